The number of aromatic amines is 1. The fourth-order valence-corrected chi connectivity index (χ4v) is 5.12. The lowest BCUT2D eigenvalue weighted by atomic mass is 9.95. The summed E-state index contributed by atoms with van der Waals surface area (Å²) < 4.78 is 21.5. The first-order valence-electron chi connectivity index (χ1n) is 13.1. The number of hydrogen-bond acceptors (Lipinski definition) is 5. The summed E-state index contributed by atoms with van der Waals surface area (Å²) in [4.78, 5) is 34.5. The maximum Gasteiger partial charge on any atom is 0.254 e. The van der Waals surface area contributed by atoms with Gasteiger partial charge in [-0.3, -0.25) is 9.59 Å². The van der Waals surface area contributed by atoms with Crippen LogP contribution >= 0.6 is 0 Å². The second-order valence-electron chi connectivity index (χ2n) is 10.4. The summed E-state index contributed by atoms with van der Waals surface area (Å²) in [6.07, 6.45) is 0.0346. The smallest absolute Gasteiger partial charge is 0.254 e. The van der Waals surface area contributed by atoms with Crippen LogP contribution in [-0.2, 0) is 11.2 Å². The molecule has 0 saturated carbocycles. The number of likely N-dealkylation sites (N-methyl/N-ethyl adjacent to an activating group) is 2. The van der Waals surface area contributed by atoms with Gasteiger partial charge in [-0.15, -0.1) is 0 Å². The highest BCUT2D eigenvalue weighted by molar-refractivity contribution is 6.16. The van der Waals surface area contributed by atoms with Gasteiger partial charge in [-0.05, 0) is 50.5 Å². The number of rotatable bonds is 8. The molecule has 0 bridgehead atoms. The molecule has 0 radical (unpaired) electrons. The first kappa shape index (κ1) is 26.6. The summed E-state index contributed by atoms with van der Waals surface area (Å²) in [5.74, 6) is -0.744. The molecule has 3 aromatic carbocycles. The number of carbonyl (C=O) groups is 2. The molecular formula is C30H34FN5O3. The van der Waals surface area contributed by atoms with Gasteiger partial charge in [0.2, 0.25) is 5.91 Å². The number of H-pyrrole nitrogens is 1. The maximum atomic E-state index is 15.8. The number of carbonyl (C=O) groups excluding carboxylic acids is 2. The van der Waals surface area contributed by atoms with E-state index in [1.54, 1.807) is 24.3 Å². The van der Waals surface area contributed by atoms with Gasteiger partial charge in [0, 0.05) is 60.1 Å². The van der Waals surface area contributed by atoms with Crippen LogP contribution in [0.25, 0.3) is 32.9 Å². The summed E-state index contributed by atoms with van der Waals surface area (Å²) >= 11 is 0. The van der Waals surface area contributed by atoms with Gasteiger partial charge in [0.15, 0.2) is 11.6 Å². The third kappa shape index (κ3) is 5.46. The molecule has 3 N–H and O–H groups in total. The second-order valence-corrected chi connectivity index (χ2v) is 10.4. The predicted molar refractivity (Wildman–Crippen MR) is 152 cm³/mol. The number of halogens is 1. The van der Waals surface area contributed by atoms with E-state index in [1.165, 1.54) is 0 Å². The van der Waals surface area contributed by atoms with Crippen LogP contribution in [0.5, 0.6) is 5.75 Å². The van der Waals surface area contributed by atoms with Crippen molar-refractivity contribution in [3.63, 3.8) is 0 Å². The van der Waals surface area contributed by atoms with Gasteiger partial charge in [-0.1, -0.05) is 30.3 Å². The fraction of sp³-hybridized carbons (Fsp3) is 0.333. The number of ether oxygens (including phenoxy) is 1. The summed E-state index contributed by atoms with van der Waals surface area (Å²) in [6, 6.07) is 14.3. The first-order chi connectivity index (χ1) is 18.7. The quantitative estimate of drug-likeness (QED) is 0.363. The third-order valence-electron chi connectivity index (χ3n) is 7.29. The summed E-state index contributed by atoms with van der Waals surface area (Å²) in [6.45, 7) is 4.05. The van der Waals surface area contributed by atoms with Gasteiger partial charge in [-0.25, -0.2) is 4.39 Å². The molecule has 0 spiro atoms. The van der Waals surface area contributed by atoms with E-state index in [1.807, 2.05) is 55.2 Å². The topological polar surface area (TPSA) is 94.9 Å². The Balaban J connectivity index is 1.60. The predicted octanol–water partition coefficient (Wildman–Crippen LogP) is 3.48. The zero-order valence-corrected chi connectivity index (χ0v) is 22.6. The molecule has 39 heavy (non-hydrogen) atoms. The van der Waals surface area contributed by atoms with E-state index in [0.29, 0.717) is 54.0 Å². The highest BCUT2D eigenvalue weighted by Gasteiger charge is 2.23. The molecule has 4 aromatic rings. The zero-order chi connectivity index (χ0) is 27.7. The van der Waals surface area contributed by atoms with Gasteiger partial charge >= 0.3 is 0 Å². The lowest BCUT2D eigenvalue weighted by Crippen LogP contribution is -2.47. The van der Waals surface area contributed by atoms with Crippen molar-refractivity contribution < 1.29 is 18.7 Å². The van der Waals surface area contributed by atoms with E-state index in [9.17, 15) is 9.59 Å². The molecule has 0 atom stereocenters. The normalized spacial score (nSPS) is 14.4. The Hall–Kier alpha value is -3.95. The number of fused-ring (bicyclic) bond motifs is 3. The monoisotopic (exact) mass is 531 g/mol. The largest absolute Gasteiger partial charge is 0.489 e. The van der Waals surface area contributed by atoms with Crippen LogP contribution in [0.3, 0.4) is 0 Å². The van der Waals surface area contributed by atoms with Crippen molar-refractivity contribution in [2.45, 2.75) is 6.42 Å². The van der Waals surface area contributed by atoms with Crippen molar-refractivity contribution in [3.05, 3.63) is 65.5 Å². The highest BCUT2D eigenvalue weighted by atomic mass is 19.1. The van der Waals surface area contributed by atoms with Crippen molar-refractivity contribution in [1.82, 2.24) is 19.7 Å². The van der Waals surface area contributed by atoms with Crippen LogP contribution in [0.2, 0.25) is 0 Å². The van der Waals surface area contributed by atoms with Gasteiger partial charge < -0.3 is 30.2 Å². The number of aromatic nitrogens is 1. The van der Waals surface area contributed by atoms with Gasteiger partial charge in [0.05, 0.1) is 11.9 Å². The Kier molecular flexibility index (Phi) is 7.54. The second kappa shape index (κ2) is 11.0. The average Bonchev–Trinajstić information content (AvgIpc) is 3.29. The van der Waals surface area contributed by atoms with Crippen LogP contribution in [0, 0.1) is 5.82 Å². The molecule has 0 aliphatic carbocycles. The van der Waals surface area contributed by atoms with Crippen molar-refractivity contribution in [3.8, 4) is 16.9 Å². The molecule has 1 aromatic heterocycles. The zero-order valence-electron chi connectivity index (χ0n) is 22.6. The van der Waals surface area contributed by atoms with Crippen molar-refractivity contribution in [1.29, 1.82) is 0 Å². The van der Waals surface area contributed by atoms with Crippen molar-refractivity contribution >= 4 is 33.6 Å². The number of amides is 2. The number of piperazine rings is 1. The fourth-order valence-electron chi connectivity index (χ4n) is 5.12. The Morgan fingerprint density at radius 3 is 2.54 bits per heavy atom. The van der Waals surface area contributed by atoms with E-state index in [2.05, 4.69) is 9.88 Å². The Bertz CT molecular complexity index is 1540. The lowest BCUT2D eigenvalue weighted by molar-refractivity contribution is -0.117. The number of benzene rings is 3. The first-order valence-corrected chi connectivity index (χ1v) is 13.1. The van der Waals surface area contributed by atoms with E-state index < -0.39 is 11.7 Å². The minimum Gasteiger partial charge on any atom is -0.489 e. The maximum absolute atomic E-state index is 15.8. The standard InChI is InChI=1S/C30H34FN5O3/c1-34(2)15-16-39-25-6-4-5-22(28(25)31)21-9-7-19(18-26(32)37)29-27(21)23-10-8-20(17-24(23)33-29)30(38)36-13-11-35(3)12-14-36/h4-10,17,33H,11-16,18H2,1-3H3,(H2,32,37). The summed E-state index contributed by atoms with van der Waals surface area (Å²) in [7, 11) is 5.91. The van der Waals surface area contributed by atoms with Crippen LogP contribution in [0.4, 0.5) is 4.39 Å². The molecule has 204 valence electrons. The number of nitrogens with two attached hydrogens (primary N) is 1. The molecule has 1 aliphatic heterocycles. The average molecular weight is 532 g/mol. The molecule has 0 unspecified atom stereocenters. The van der Waals surface area contributed by atoms with Crippen LogP contribution in [0.15, 0.2) is 48.5 Å². The van der Waals surface area contributed by atoms with E-state index in [-0.39, 0.29) is 18.1 Å². The van der Waals surface area contributed by atoms with Gasteiger partial charge in [0.1, 0.15) is 6.61 Å². The Morgan fingerprint density at radius 2 is 1.82 bits per heavy atom. The lowest BCUT2D eigenvalue weighted by Gasteiger charge is -2.32. The number of nitrogens with one attached hydrogen (secondary N) is 1. The van der Waals surface area contributed by atoms with Crippen LogP contribution in [-0.4, -0.2) is 92.0 Å². The van der Waals surface area contributed by atoms with Crippen LogP contribution < -0.4 is 10.5 Å². The van der Waals surface area contributed by atoms with Crippen molar-refractivity contribution in [2.24, 2.45) is 5.73 Å². The van der Waals surface area contributed by atoms with Gasteiger partial charge in [-0.2, -0.15) is 0 Å². The molecule has 8 nitrogen and oxygen atoms in total. The summed E-state index contributed by atoms with van der Waals surface area (Å²) in [5, 5.41) is 1.60. The molecular weight excluding hydrogens is 497 g/mol. The molecule has 1 saturated heterocycles. The van der Waals surface area contributed by atoms with E-state index >= 15 is 4.39 Å². The molecule has 1 aliphatic rings. The molecule has 9 heteroatoms. The number of nitrogens with zero attached hydrogens (tertiary/aromatic N) is 3. The molecule has 1 fully saturated rings. The third-order valence-corrected chi connectivity index (χ3v) is 7.29. The molecule has 5 rings (SSSR count). The van der Waals surface area contributed by atoms with E-state index in [0.717, 1.165) is 29.4 Å². The Morgan fingerprint density at radius 1 is 1.05 bits per heavy atom. The minimum absolute atomic E-state index is 0.0187. The molecule has 2 heterocycles. The SMILES string of the molecule is CN(C)CCOc1cccc(-c2ccc(CC(N)=O)c3[nH]c4cc(C(=O)N5CCN(C)CC5)ccc4c23)c1F. The highest BCUT2D eigenvalue weighted by Crippen LogP contribution is 2.39. The van der Waals surface area contributed by atoms with E-state index in [4.69, 9.17) is 10.5 Å². The van der Waals surface area contributed by atoms with Gasteiger partial charge in [0.25, 0.3) is 5.91 Å². The minimum atomic E-state index is -0.462. The van der Waals surface area contributed by atoms with Crippen LogP contribution in [0.1, 0.15) is 15.9 Å². The number of primary amides is 1. The molecule has 2 amide bonds. The number of hydrogen-bond donors (Lipinski definition) is 2. The Labute approximate surface area is 227 Å². The summed E-state index contributed by atoms with van der Waals surface area (Å²) in [5.41, 5.74) is 9.33. The van der Waals surface area contributed by atoms with Crippen molar-refractivity contribution in [2.75, 3.05) is 60.5 Å².